The molecule has 2 unspecified atom stereocenters. The molecule has 18 heavy (non-hydrogen) atoms. The minimum absolute atomic E-state index is 0.168. The second kappa shape index (κ2) is 7.09. The first-order valence-electron chi connectivity index (χ1n) is 5.31. The molecule has 6 heteroatoms. The molecule has 0 aliphatic heterocycles. The van der Waals surface area contributed by atoms with Crippen molar-refractivity contribution in [3.05, 3.63) is 34.3 Å². The molecule has 0 aromatic heterocycles. The van der Waals surface area contributed by atoms with Gasteiger partial charge in [0.05, 0.1) is 23.8 Å². The summed E-state index contributed by atoms with van der Waals surface area (Å²) in [5.74, 6) is -0.580. The van der Waals surface area contributed by atoms with Crippen molar-refractivity contribution in [2.24, 2.45) is 0 Å². The smallest absolute Gasteiger partial charge is 0.339 e. The van der Waals surface area contributed by atoms with Crippen molar-refractivity contribution < 1.29 is 19.7 Å². The van der Waals surface area contributed by atoms with Crippen molar-refractivity contribution in [1.82, 2.24) is 0 Å². The molecule has 0 aliphatic carbocycles. The van der Waals surface area contributed by atoms with Gasteiger partial charge in [-0.3, -0.25) is 0 Å². The van der Waals surface area contributed by atoms with E-state index < -0.39 is 18.2 Å². The summed E-state index contributed by atoms with van der Waals surface area (Å²) in [4.78, 5) is 11.4. The third-order valence-electron chi connectivity index (χ3n) is 2.51. The molecule has 1 aromatic carbocycles. The lowest BCUT2D eigenvalue weighted by molar-refractivity contribution is 0.0172. The van der Waals surface area contributed by atoms with E-state index in [0.29, 0.717) is 17.3 Å². The number of ether oxygens (including phenoxy) is 1. The van der Waals surface area contributed by atoms with Crippen LogP contribution in [0.2, 0.25) is 5.02 Å². The molecule has 2 atom stereocenters. The number of carbonyl (C=O) groups excluding carboxylic acids is 1. The van der Waals surface area contributed by atoms with Gasteiger partial charge in [0.25, 0.3) is 0 Å². The Hall–Kier alpha value is -0.620. The monoisotopic (exact) mass is 336 g/mol. The number of alkyl halides is 1. The van der Waals surface area contributed by atoms with Gasteiger partial charge in [-0.2, -0.15) is 0 Å². The molecule has 0 spiro atoms. The van der Waals surface area contributed by atoms with E-state index in [1.807, 2.05) is 0 Å². The molecule has 0 bridgehead atoms. The quantitative estimate of drug-likeness (QED) is 0.639. The maximum atomic E-state index is 11.4. The summed E-state index contributed by atoms with van der Waals surface area (Å²) in [5.41, 5.74) is 0.593. The number of methoxy groups -OCH3 is 1. The average Bonchev–Trinajstić information content (AvgIpc) is 2.38. The number of halogens is 2. The first-order valence-corrected chi connectivity index (χ1v) is 6.81. The van der Waals surface area contributed by atoms with Crippen molar-refractivity contribution >= 4 is 33.5 Å². The summed E-state index contributed by atoms with van der Waals surface area (Å²) in [7, 11) is 1.25. The van der Waals surface area contributed by atoms with Crippen LogP contribution in [0, 0.1) is 0 Å². The number of aliphatic hydroxyl groups is 2. The fourth-order valence-corrected chi connectivity index (χ4v) is 2.15. The number of esters is 1. The predicted octanol–water partition coefficient (Wildman–Crippen LogP) is 2.31. The third-order valence-corrected chi connectivity index (χ3v) is 3.29. The highest BCUT2D eigenvalue weighted by Crippen LogP contribution is 2.25. The van der Waals surface area contributed by atoms with E-state index in [1.54, 1.807) is 6.07 Å². The molecule has 0 fully saturated rings. The molecular weight excluding hydrogens is 323 g/mol. The Bertz CT molecular complexity index is 425. The second-order valence-corrected chi connectivity index (χ2v) is 4.92. The number of carbonyl (C=O) groups is 1. The van der Waals surface area contributed by atoms with Crippen molar-refractivity contribution in [3.63, 3.8) is 0 Å². The van der Waals surface area contributed by atoms with E-state index in [9.17, 15) is 15.0 Å². The molecule has 0 aliphatic rings. The predicted molar refractivity (Wildman–Crippen MR) is 72.2 cm³/mol. The van der Waals surface area contributed by atoms with Gasteiger partial charge >= 0.3 is 5.97 Å². The SMILES string of the molecule is COC(=O)c1cc(C(O)C(O)CCBr)ccc1Cl. The fraction of sp³-hybridized carbons (Fsp3) is 0.417. The lowest BCUT2D eigenvalue weighted by Gasteiger charge is -2.18. The summed E-state index contributed by atoms with van der Waals surface area (Å²) < 4.78 is 4.58. The summed E-state index contributed by atoms with van der Waals surface area (Å²) in [6, 6.07) is 4.49. The zero-order valence-corrected chi connectivity index (χ0v) is 12.1. The van der Waals surface area contributed by atoms with Crippen LogP contribution in [0.25, 0.3) is 0 Å². The van der Waals surface area contributed by atoms with Gasteiger partial charge in [0.1, 0.15) is 6.10 Å². The van der Waals surface area contributed by atoms with E-state index in [0.717, 1.165) is 0 Å². The van der Waals surface area contributed by atoms with Gasteiger partial charge in [-0.1, -0.05) is 33.6 Å². The van der Waals surface area contributed by atoms with Gasteiger partial charge in [-0.05, 0) is 24.1 Å². The highest BCUT2D eigenvalue weighted by Gasteiger charge is 2.20. The minimum Gasteiger partial charge on any atom is -0.465 e. The molecule has 4 nitrogen and oxygen atoms in total. The van der Waals surface area contributed by atoms with E-state index in [1.165, 1.54) is 19.2 Å². The maximum absolute atomic E-state index is 11.4. The van der Waals surface area contributed by atoms with Gasteiger partial charge < -0.3 is 14.9 Å². The zero-order chi connectivity index (χ0) is 13.7. The van der Waals surface area contributed by atoms with Crippen molar-refractivity contribution in [1.29, 1.82) is 0 Å². The topological polar surface area (TPSA) is 66.8 Å². The van der Waals surface area contributed by atoms with Crippen LogP contribution >= 0.6 is 27.5 Å². The second-order valence-electron chi connectivity index (χ2n) is 3.72. The third kappa shape index (κ3) is 3.68. The average molecular weight is 338 g/mol. The van der Waals surface area contributed by atoms with Gasteiger partial charge in [-0.15, -0.1) is 0 Å². The van der Waals surface area contributed by atoms with E-state index in [2.05, 4.69) is 20.7 Å². The van der Waals surface area contributed by atoms with Crippen molar-refractivity contribution in [2.45, 2.75) is 18.6 Å². The fourth-order valence-electron chi connectivity index (χ4n) is 1.49. The number of hydrogen-bond donors (Lipinski definition) is 2. The van der Waals surface area contributed by atoms with Gasteiger partial charge in [0.2, 0.25) is 0 Å². The number of aliphatic hydroxyl groups excluding tert-OH is 2. The lowest BCUT2D eigenvalue weighted by atomic mass is 10.0. The molecule has 0 amide bonds. The Kier molecular flexibility index (Phi) is 6.08. The van der Waals surface area contributed by atoms with E-state index in [4.69, 9.17) is 11.6 Å². The Morgan fingerprint density at radius 1 is 1.50 bits per heavy atom. The number of hydrogen-bond acceptors (Lipinski definition) is 4. The zero-order valence-electron chi connectivity index (χ0n) is 9.77. The van der Waals surface area contributed by atoms with Crippen LogP contribution in [-0.4, -0.2) is 34.7 Å². The van der Waals surface area contributed by atoms with Crippen LogP contribution in [0.15, 0.2) is 18.2 Å². The van der Waals surface area contributed by atoms with Crippen LogP contribution in [0.1, 0.15) is 28.4 Å². The largest absolute Gasteiger partial charge is 0.465 e. The van der Waals surface area contributed by atoms with Crippen LogP contribution in [0.3, 0.4) is 0 Å². The van der Waals surface area contributed by atoms with Gasteiger partial charge in [0.15, 0.2) is 0 Å². The summed E-state index contributed by atoms with van der Waals surface area (Å²) in [6.07, 6.45) is -1.57. The van der Waals surface area contributed by atoms with Crippen molar-refractivity contribution in [3.8, 4) is 0 Å². The Morgan fingerprint density at radius 3 is 2.72 bits per heavy atom. The Balaban J connectivity index is 3.00. The molecule has 0 saturated heterocycles. The number of benzene rings is 1. The van der Waals surface area contributed by atoms with Crippen LogP contribution in [0.4, 0.5) is 0 Å². The molecule has 1 rings (SSSR count). The van der Waals surface area contributed by atoms with Crippen LogP contribution < -0.4 is 0 Å². The lowest BCUT2D eigenvalue weighted by Crippen LogP contribution is -2.19. The molecular formula is C12H14BrClO4. The van der Waals surface area contributed by atoms with Gasteiger partial charge in [0, 0.05) is 5.33 Å². The van der Waals surface area contributed by atoms with Gasteiger partial charge in [-0.25, -0.2) is 4.79 Å². The highest BCUT2D eigenvalue weighted by atomic mass is 79.9. The highest BCUT2D eigenvalue weighted by molar-refractivity contribution is 9.09. The minimum atomic E-state index is -1.07. The molecule has 2 N–H and O–H groups in total. The van der Waals surface area contributed by atoms with E-state index in [-0.39, 0.29) is 10.6 Å². The standard InChI is InChI=1S/C12H14BrClO4/c1-18-12(17)8-6-7(2-3-9(8)14)11(16)10(15)4-5-13/h2-3,6,10-11,15-16H,4-5H2,1H3. The summed E-state index contributed by atoms with van der Waals surface area (Å²) in [6.45, 7) is 0. The first kappa shape index (κ1) is 15.4. The molecule has 1 aromatic rings. The molecule has 0 heterocycles. The Labute approximate surface area is 119 Å². The first-order chi connectivity index (χ1) is 8.51. The summed E-state index contributed by atoms with van der Waals surface area (Å²) in [5, 5.41) is 20.4. The van der Waals surface area contributed by atoms with Crippen LogP contribution in [-0.2, 0) is 4.74 Å². The molecule has 0 saturated carbocycles. The van der Waals surface area contributed by atoms with Crippen molar-refractivity contribution in [2.75, 3.05) is 12.4 Å². The van der Waals surface area contributed by atoms with E-state index >= 15 is 0 Å². The normalized spacial score (nSPS) is 14.1. The molecule has 0 radical (unpaired) electrons. The molecule has 100 valence electrons. The number of rotatable bonds is 5. The van der Waals surface area contributed by atoms with Crippen LogP contribution in [0.5, 0.6) is 0 Å². The Morgan fingerprint density at radius 2 is 2.17 bits per heavy atom. The summed E-state index contributed by atoms with van der Waals surface area (Å²) >= 11 is 9.05. The maximum Gasteiger partial charge on any atom is 0.339 e.